The number of nitrogen functional groups attached to an aromatic ring is 1. The summed E-state index contributed by atoms with van der Waals surface area (Å²) in [6.45, 7) is 5.93. The number of aryl methyl sites for hydroxylation is 1. The van der Waals surface area contributed by atoms with Gasteiger partial charge in [0.05, 0.1) is 18.1 Å². The number of ether oxygens (including phenoxy) is 1. The molecule has 3 aliphatic rings. The summed E-state index contributed by atoms with van der Waals surface area (Å²) in [6, 6.07) is 1.79. The average molecular weight is 595 g/mol. The number of aromatic nitrogens is 4. The molecule has 3 aromatic heterocycles. The van der Waals surface area contributed by atoms with Crippen molar-refractivity contribution in [3.8, 4) is 17.4 Å². The zero-order valence-electron chi connectivity index (χ0n) is 24.0. The van der Waals surface area contributed by atoms with Gasteiger partial charge in [-0.15, -0.1) is 0 Å². The van der Waals surface area contributed by atoms with E-state index in [-0.39, 0.29) is 40.4 Å². The molecule has 0 radical (unpaired) electrons. The van der Waals surface area contributed by atoms with Crippen LogP contribution in [0, 0.1) is 12.7 Å². The van der Waals surface area contributed by atoms with Crippen LogP contribution in [0.2, 0.25) is 0 Å². The number of fused-ring (bicyclic) bond motifs is 2. The van der Waals surface area contributed by atoms with Crippen molar-refractivity contribution in [2.45, 2.75) is 70.0 Å². The van der Waals surface area contributed by atoms with E-state index in [4.69, 9.17) is 10.5 Å². The maximum atomic E-state index is 15.7. The van der Waals surface area contributed by atoms with Crippen LogP contribution in [0.25, 0.3) is 22.3 Å². The van der Waals surface area contributed by atoms with E-state index < -0.39 is 35.1 Å². The minimum atomic E-state index is -4.79. The van der Waals surface area contributed by atoms with Gasteiger partial charge in [0.1, 0.15) is 34.7 Å². The third kappa shape index (κ3) is 5.78. The monoisotopic (exact) mass is 594 g/mol. The van der Waals surface area contributed by atoms with Crippen molar-refractivity contribution < 1.29 is 26.7 Å². The molecule has 0 amide bonds. The Labute approximate surface area is 240 Å². The van der Waals surface area contributed by atoms with Crippen molar-refractivity contribution in [2.24, 2.45) is 0 Å². The van der Waals surface area contributed by atoms with Crippen LogP contribution in [0.1, 0.15) is 43.7 Å². The number of methoxy groups -OCH3 is 1. The lowest BCUT2D eigenvalue weighted by Crippen LogP contribution is -2.40. The number of rotatable bonds is 4. The molecule has 0 aromatic carbocycles. The highest BCUT2D eigenvalue weighted by atomic mass is 19.4. The first-order valence-corrected chi connectivity index (χ1v) is 14.0. The number of nitrogens with one attached hydrogen (secondary N) is 1. The van der Waals surface area contributed by atoms with E-state index in [1.54, 1.807) is 0 Å². The van der Waals surface area contributed by atoms with Crippen LogP contribution in [-0.4, -0.2) is 82.9 Å². The van der Waals surface area contributed by atoms with Gasteiger partial charge in [-0.2, -0.15) is 23.1 Å². The summed E-state index contributed by atoms with van der Waals surface area (Å²) in [5.74, 6) is -0.883. The second-order valence-electron chi connectivity index (χ2n) is 11.1. The summed E-state index contributed by atoms with van der Waals surface area (Å²) in [6.07, 6.45) is 0.115. The molecule has 0 aliphatic carbocycles. The van der Waals surface area contributed by atoms with Crippen molar-refractivity contribution >= 4 is 22.5 Å². The molecule has 9 nitrogen and oxygen atoms in total. The maximum absolute atomic E-state index is 15.7. The van der Waals surface area contributed by atoms with E-state index in [9.17, 15) is 17.6 Å². The Morgan fingerprint density at radius 1 is 1.17 bits per heavy atom. The lowest BCUT2D eigenvalue weighted by Gasteiger charge is -2.29. The zero-order chi connectivity index (χ0) is 30.3. The fourth-order valence-corrected chi connectivity index (χ4v) is 6.33. The second kappa shape index (κ2) is 11.7. The number of alkyl halides is 4. The first kappa shape index (κ1) is 30.1. The molecule has 0 bridgehead atoms. The van der Waals surface area contributed by atoms with Gasteiger partial charge in [0.2, 0.25) is 0 Å². The minimum absolute atomic E-state index is 0.0608. The Kier molecular flexibility index (Phi) is 8.39. The SMILES string of the molecule is COc1nc(N(C)[C@@H]2CCN[C@@H]2C)c2cnc(-c3nc(N)cc(C)c3C(F)(F)F)c(F)c2n1.FC1CC2CCCN2C1. The first-order valence-electron chi connectivity index (χ1n) is 14.0. The number of nitrogens with two attached hydrogens (primary N) is 1. The number of anilines is 2. The average Bonchev–Trinajstić information content (AvgIpc) is 3.63. The third-order valence-electron chi connectivity index (χ3n) is 8.35. The number of pyridine rings is 2. The van der Waals surface area contributed by atoms with E-state index >= 15 is 4.39 Å². The lowest BCUT2D eigenvalue weighted by molar-refractivity contribution is -0.137. The molecule has 2 unspecified atom stereocenters. The van der Waals surface area contributed by atoms with Crippen molar-refractivity contribution in [3.63, 3.8) is 0 Å². The number of hydrogen-bond acceptors (Lipinski definition) is 9. The fraction of sp³-hybridized carbons (Fsp3) is 0.571. The second-order valence-corrected chi connectivity index (χ2v) is 11.1. The van der Waals surface area contributed by atoms with Crippen molar-refractivity contribution in [1.82, 2.24) is 30.2 Å². The van der Waals surface area contributed by atoms with Crippen molar-refractivity contribution in [3.05, 3.63) is 29.2 Å². The van der Waals surface area contributed by atoms with Crippen LogP contribution in [-0.2, 0) is 6.18 Å². The minimum Gasteiger partial charge on any atom is -0.467 e. The van der Waals surface area contributed by atoms with E-state index in [2.05, 4.69) is 30.2 Å². The Hall–Kier alpha value is -3.39. The van der Waals surface area contributed by atoms with Gasteiger partial charge in [0.25, 0.3) is 0 Å². The molecule has 0 spiro atoms. The molecule has 14 heteroatoms. The Morgan fingerprint density at radius 3 is 2.57 bits per heavy atom. The van der Waals surface area contributed by atoms with Gasteiger partial charge in [-0.1, -0.05) is 0 Å². The molecular weight excluding hydrogens is 559 g/mol. The van der Waals surface area contributed by atoms with Crippen LogP contribution in [0.4, 0.5) is 33.6 Å². The highest BCUT2D eigenvalue weighted by Gasteiger charge is 2.39. The van der Waals surface area contributed by atoms with Gasteiger partial charge in [0, 0.05) is 37.9 Å². The van der Waals surface area contributed by atoms with Gasteiger partial charge in [-0.3, -0.25) is 9.88 Å². The van der Waals surface area contributed by atoms with Gasteiger partial charge in [-0.25, -0.2) is 13.8 Å². The quantitative estimate of drug-likeness (QED) is 0.422. The molecular formula is C28H35F5N8O. The standard InChI is InChI=1S/C21H23F4N7O.C7H12FN/c1-9-7-13(26)29-17(14(9)21(23,24)25)18-15(22)16-11(8-28-18)19(31-20(30-16)33-4)32(3)12-5-6-27-10(12)2;8-6-4-7-2-1-3-9(7)5-6/h7-8,10,12,27H,5-6H2,1-4H3,(H2,26,29);6-7H,1-5H2/t10-,12-;/m1./s1. The predicted molar refractivity (Wildman–Crippen MR) is 150 cm³/mol. The molecule has 0 saturated carbocycles. The first-order chi connectivity index (χ1) is 19.9. The largest absolute Gasteiger partial charge is 0.467 e. The van der Waals surface area contributed by atoms with Gasteiger partial charge >= 0.3 is 12.2 Å². The fourth-order valence-electron chi connectivity index (χ4n) is 6.33. The summed E-state index contributed by atoms with van der Waals surface area (Å²) in [7, 11) is 3.14. The van der Waals surface area contributed by atoms with Crippen LogP contribution >= 0.6 is 0 Å². The van der Waals surface area contributed by atoms with Crippen molar-refractivity contribution in [1.29, 1.82) is 0 Å². The van der Waals surface area contributed by atoms with Crippen LogP contribution in [0.15, 0.2) is 12.3 Å². The molecule has 3 saturated heterocycles. The summed E-state index contributed by atoms with van der Waals surface area (Å²) in [5, 5.41) is 3.58. The molecule has 3 fully saturated rings. The van der Waals surface area contributed by atoms with E-state index in [1.165, 1.54) is 33.1 Å². The van der Waals surface area contributed by atoms with Crippen LogP contribution in [0.5, 0.6) is 6.01 Å². The van der Waals surface area contributed by atoms with Crippen LogP contribution < -0.4 is 20.7 Å². The lowest BCUT2D eigenvalue weighted by atomic mass is 10.0. The number of hydrogen-bond donors (Lipinski definition) is 2. The molecule has 228 valence electrons. The summed E-state index contributed by atoms with van der Waals surface area (Å²) in [5.41, 5.74) is 2.87. The normalized spacial score (nSPS) is 24.0. The van der Waals surface area contributed by atoms with Crippen LogP contribution in [0.3, 0.4) is 0 Å². The number of likely N-dealkylation sites (N-methyl/N-ethyl adjacent to an activating group) is 1. The summed E-state index contributed by atoms with van der Waals surface area (Å²) in [4.78, 5) is 20.4. The van der Waals surface area contributed by atoms with Gasteiger partial charge in [-0.05, 0) is 64.3 Å². The van der Waals surface area contributed by atoms with E-state index in [0.717, 1.165) is 32.0 Å². The Morgan fingerprint density at radius 2 is 1.93 bits per heavy atom. The topological polar surface area (TPSA) is 105 Å². The van der Waals surface area contributed by atoms with Gasteiger partial charge < -0.3 is 20.7 Å². The Balaban J connectivity index is 0.000000330. The molecule has 3 aliphatic heterocycles. The van der Waals surface area contributed by atoms with E-state index in [1.807, 2.05) is 18.9 Å². The third-order valence-corrected chi connectivity index (χ3v) is 8.35. The van der Waals surface area contributed by atoms with Gasteiger partial charge in [0.15, 0.2) is 5.82 Å². The number of halogens is 5. The molecule has 3 aromatic rings. The smallest absolute Gasteiger partial charge is 0.418 e. The highest BCUT2D eigenvalue weighted by molar-refractivity contribution is 5.92. The number of nitrogens with zero attached hydrogens (tertiary/aromatic N) is 6. The summed E-state index contributed by atoms with van der Waals surface area (Å²) < 4.78 is 74.8. The predicted octanol–water partition coefficient (Wildman–Crippen LogP) is 4.52. The van der Waals surface area contributed by atoms with E-state index in [0.29, 0.717) is 18.4 Å². The highest BCUT2D eigenvalue weighted by Crippen LogP contribution is 2.41. The maximum Gasteiger partial charge on any atom is 0.418 e. The molecule has 42 heavy (non-hydrogen) atoms. The zero-order valence-corrected chi connectivity index (χ0v) is 24.0. The molecule has 3 N–H and O–H groups in total. The van der Waals surface area contributed by atoms with Crippen molar-refractivity contribution in [2.75, 3.05) is 44.4 Å². The summed E-state index contributed by atoms with van der Waals surface area (Å²) >= 11 is 0. The molecule has 6 rings (SSSR count). The Bertz CT molecular complexity index is 1440. The molecule has 6 heterocycles. The molecule has 4 atom stereocenters.